The minimum absolute atomic E-state index is 0.0208. The summed E-state index contributed by atoms with van der Waals surface area (Å²) in [6, 6.07) is 8.49. The fourth-order valence-electron chi connectivity index (χ4n) is 2.89. The Bertz CT molecular complexity index is 1030. The van der Waals surface area contributed by atoms with Gasteiger partial charge in [-0.15, -0.1) is 0 Å². The number of aromatic nitrogens is 2. The third-order valence-electron chi connectivity index (χ3n) is 4.70. The summed E-state index contributed by atoms with van der Waals surface area (Å²) in [6.45, 7) is 3.84. The number of anilines is 1. The molecule has 0 aliphatic heterocycles. The smallest absolute Gasteiger partial charge is 0.272 e. The molecule has 0 radical (unpaired) electrons. The summed E-state index contributed by atoms with van der Waals surface area (Å²) in [5.74, 6) is 0.111. The van der Waals surface area contributed by atoms with E-state index in [9.17, 15) is 9.59 Å². The van der Waals surface area contributed by atoms with E-state index in [1.807, 2.05) is 19.9 Å². The zero-order valence-corrected chi connectivity index (χ0v) is 17.1. The highest BCUT2D eigenvalue weighted by Gasteiger charge is 2.22. The van der Waals surface area contributed by atoms with Crippen molar-refractivity contribution < 1.29 is 19.1 Å². The van der Waals surface area contributed by atoms with Crippen molar-refractivity contribution in [2.45, 2.75) is 19.9 Å². The average molecular weight is 396 g/mol. The molecule has 2 N–H and O–H groups in total. The summed E-state index contributed by atoms with van der Waals surface area (Å²) < 4.78 is 10.8. The lowest BCUT2D eigenvalue weighted by Gasteiger charge is -2.23. The highest BCUT2D eigenvalue weighted by molar-refractivity contribution is 6.07. The molecule has 2 amide bonds. The number of fused-ring (bicyclic) bond motifs is 1. The van der Waals surface area contributed by atoms with Gasteiger partial charge in [-0.3, -0.25) is 14.6 Å². The standard InChI is InChI=1S/C21H24N4O4/c1-12(2)25(3)21(27)13-9-16(19(29-5)18(10-13)28-4)24-20(26)17-11-15-14(23-17)7-6-8-22-15/h6-12,23H,1-5H3,(H,24,26). The minimum atomic E-state index is -0.384. The number of benzene rings is 1. The topological polar surface area (TPSA) is 96.5 Å². The van der Waals surface area contributed by atoms with E-state index in [1.165, 1.54) is 14.2 Å². The van der Waals surface area contributed by atoms with Crippen molar-refractivity contribution in [2.75, 3.05) is 26.6 Å². The largest absolute Gasteiger partial charge is 0.493 e. The predicted molar refractivity (Wildman–Crippen MR) is 111 cm³/mol. The molecule has 0 aliphatic rings. The Morgan fingerprint density at radius 1 is 1.17 bits per heavy atom. The van der Waals surface area contributed by atoms with Gasteiger partial charge in [0.1, 0.15) is 5.69 Å². The van der Waals surface area contributed by atoms with Crippen LogP contribution >= 0.6 is 0 Å². The molecule has 2 heterocycles. The molecule has 29 heavy (non-hydrogen) atoms. The van der Waals surface area contributed by atoms with E-state index in [1.54, 1.807) is 42.4 Å². The van der Waals surface area contributed by atoms with Gasteiger partial charge in [-0.2, -0.15) is 0 Å². The van der Waals surface area contributed by atoms with Crippen LogP contribution in [0.15, 0.2) is 36.5 Å². The van der Waals surface area contributed by atoms with Crippen molar-refractivity contribution in [3.63, 3.8) is 0 Å². The molecule has 8 heteroatoms. The van der Waals surface area contributed by atoms with Crippen LogP contribution in [0.1, 0.15) is 34.7 Å². The maximum atomic E-state index is 12.8. The van der Waals surface area contributed by atoms with Crippen LogP contribution in [0.4, 0.5) is 5.69 Å². The fraction of sp³-hybridized carbons (Fsp3) is 0.286. The number of hydrogen-bond donors (Lipinski definition) is 2. The van der Waals surface area contributed by atoms with E-state index in [4.69, 9.17) is 9.47 Å². The number of methoxy groups -OCH3 is 2. The number of aromatic amines is 1. The monoisotopic (exact) mass is 396 g/mol. The van der Waals surface area contributed by atoms with Gasteiger partial charge in [0.25, 0.3) is 11.8 Å². The second kappa shape index (κ2) is 8.22. The SMILES string of the molecule is COc1cc(C(=O)N(C)C(C)C)cc(NC(=O)c2cc3ncccc3[nH]2)c1OC. The van der Waals surface area contributed by atoms with E-state index < -0.39 is 0 Å². The lowest BCUT2D eigenvalue weighted by Crippen LogP contribution is -2.33. The second-order valence-corrected chi connectivity index (χ2v) is 6.84. The molecule has 0 spiro atoms. The molecule has 3 rings (SSSR count). The first kappa shape index (κ1) is 20.2. The Labute approximate surface area is 168 Å². The van der Waals surface area contributed by atoms with Crippen LogP contribution in [0.5, 0.6) is 11.5 Å². The average Bonchev–Trinajstić information content (AvgIpc) is 3.16. The van der Waals surface area contributed by atoms with Crippen molar-refractivity contribution in [3.05, 3.63) is 47.8 Å². The third-order valence-corrected chi connectivity index (χ3v) is 4.70. The molecule has 0 fully saturated rings. The van der Waals surface area contributed by atoms with Crippen LogP contribution in [0, 0.1) is 0 Å². The molecule has 1 aromatic carbocycles. The van der Waals surface area contributed by atoms with Gasteiger partial charge in [0.05, 0.1) is 30.9 Å². The third kappa shape index (κ3) is 4.01. The van der Waals surface area contributed by atoms with Gasteiger partial charge < -0.3 is 24.7 Å². The highest BCUT2D eigenvalue weighted by Crippen LogP contribution is 2.37. The second-order valence-electron chi connectivity index (χ2n) is 6.84. The molecule has 2 aromatic heterocycles. The summed E-state index contributed by atoms with van der Waals surface area (Å²) in [5.41, 5.74) is 2.50. The van der Waals surface area contributed by atoms with E-state index in [2.05, 4.69) is 15.3 Å². The van der Waals surface area contributed by atoms with Gasteiger partial charge in [-0.1, -0.05) is 0 Å². The van der Waals surface area contributed by atoms with Crippen molar-refractivity contribution >= 4 is 28.5 Å². The zero-order chi connectivity index (χ0) is 21.1. The Morgan fingerprint density at radius 3 is 2.55 bits per heavy atom. The summed E-state index contributed by atoms with van der Waals surface area (Å²) in [6.07, 6.45) is 1.66. The van der Waals surface area contributed by atoms with Crippen LogP contribution < -0.4 is 14.8 Å². The van der Waals surface area contributed by atoms with Crippen LogP contribution in [-0.2, 0) is 0 Å². The first-order valence-corrected chi connectivity index (χ1v) is 9.14. The van der Waals surface area contributed by atoms with Crippen molar-refractivity contribution in [1.29, 1.82) is 0 Å². The highest BCUT2D eigenvalue weighted by atomic mass is 16.5. The van der Waals surface area contributed by atoms with Gasteiger partial charge in [-0.05, 0) is 44.2 Å². The normalized spacial score (nSPS) is 10.8. The molecule has 0 aliphatic carbocycles. The van der Waals surface area contributed by atoms with Gasteiger partial charge >= 0.3 is 0 Å². The number of rotatable bonds is 6. The number of carbonyl (C=O) groups is 2. The van der Waals surface area contributed by atoms with Crippen molar-refractivity contribution in [2.24, 2.45) is 0 Å². The zero-order valence-electron chi connectivity index (χ0n) is 17.1. The molecule has 3 aromatic rings. The van der Waals surface area contributed by atoms with Gasteiger partial charge in [0.15, 0.2) is 11.5 Å². The first-order chi connectivity index (χ1) is 13.8. The van der Waals surface area contributed by atoms with Crippen LogP contribution in [0.2, 0.25) is 0 Å². The molecule has 152 valence electrons. The molecular formula is C21H24N4O4. The number of nitrogens with one attached hydrogen (secondary N) is 2. The predicted octanol–water partition coefficient (Wildman–Crippen LogP) is 3.31. The maximum Gasteiger partial charge on any atom is 0.272 e. The Hall–Kier alpha value is -3.55. The summed E-state index contributed by atoms with van der Waals surface area (Å²) in [7, 11) is 4.68. The lowest BCUT2D eigenvalue weighted by atomic mass is 10.1. The van der Waals surface area contributed by atoms with E-state index in [0.29, 0.717) is 34.0 Å². The number of carbonyl (C=O) groups excluding carboxylic acids is 2. The van der Waals surface area contributed by atoms with E-state index >= 15 is 0 Å². The summed E-state index contributed by atoms with van der Waals surface area (Å²) in [5, 5.41) is 2.80. The Balaban J connectivity index is 1.98. The molecule has 0 unspecified atom stereocenters. The number of H-pyrrole nitrogens is 1. The number of amides is 2. The molecule has 8 nitrogen and oxygen atoms in total. The van der Waals surface area contributed by atoms with Crippen LogP contribution in [0.3, 0.4) is 0 Å². The number of nitrogens with zero attached hydrogens (tertiary/aromatic N) is 2. The van der Waals surface area contributed by atoms with Crippen LogP contribution in [0.25, 0.3) is 11.0 Å². The quantitative estimate of drug-likeness (QED) is 0.666. The molecule has 0 bridgehead atoms. The Morgan fingerprint density at radius 2 is 1.93 bits per heavy atom. The van der Waals surface area contributed by atoms with Crippen molar-refractivity contribution in [3.8, 4) is 11.5 Å². The van der Waals surface area contributed by atoms with Gasteiger partial charge in [-0.25, -0.2) is 0 Å². The summed E-state index contributed by atoms with van der Waals surface area (Å²) in [4.78, 5) is 34.5. The lowest BCUT2D eigenvalue weighted by molar-refractivity contribution is 0.0754. The number of pyridine rings is 1. The fourth-order valence-corrected chi connectivity index (χ4v) is 2.89. The molecule has 0 saturated heterocycles. The van der Waals surface area contributed by atoms with E-state index in [-0.39, 0.29) is 17.9 Å². The Kier molecular flexibility index (Phi) is 5.72. The van der Waals surface area contributed by atoms with Gasteiger partial charge in [0, 0.05) is 24.8 Å². The molecule has 0 atom stereocenters. The minimum Gasteiger partial charge on any atom is -0.493 e. The number of ether oxygens (including phenoxy) is 2. The molecular weight excluding hydrogens is 372 g/mol. The molecule has 0 saturated carbocycles. The van der Waals surface area contributed by atoms with Crippen molar-refractivity contribution in [1.82, 2.24) is 14.9 Å². The maximum absolute atomic E-state index is 12.8. The number of hydrogen-bond acceptors (Lipinski definition) is 5. The van der Waals surface area contributed by atoms with Gasteiger partial charge in [0.2, 0.25) is 0 Å². The summed E-state index contributed by atoms with van der Waals surface area (Å²) >= 11 is 0. The van der Waals surface area contributed by atoms with E-state index in [0.717, 1.165) is 5.52 Å². The van der Waals surface area contributed by atoms with Crippen LogP contribution in [-0.4, -0.2) is 54.0 Å². The first-order valence-electron chi connectivity index (χ1n) is 9.14.